The standard InChI is InChI=1S/C12H16N4O/c13-4-11-6-16-12(7-14-11)15-5-9-2-1-3-10(9)8-17/h6-7,9-10,17H,1-3,5,8H2,(H,15,16). The Bertz CT molecular complexity index is 398. The van der Waals surface area contributed by atoms with E-state index in [0.29, 0.717) is 23.3 Å². The lowest BCUT2D eigenvalue weighted by atomic mass is 9.97. The Morgan fingerprint density at radius 1 is 1.35 bits per heavy atom. The fraction of sp³-hybridized carbons (Fsp3) is 0.583. The van der Waals surface area contributed by atoms with E-state index in [1.165, 1.54) is 12.6 Å². The van der Waals surface area contributed by atoms with Gasteiger partial charge in [-0.2, -0.15) is 5.26 Å². The summed E-state index contributed by atoms with van der Waals surface area (Å²) in [5.41, 5.74) is 0.324. The van der Waals surface area contributed by atoms with Crippen LogP contribution in [0.3, 0.4) is 0 Å². The van der Waals surface area contributed by atoms with Crippen LogP contribution in [0.25, 0.3) is 0 Å². The number of hydrogen-bond acceptors (Lipinski definition) is 5. The van der Waals surface area contributed by atoms with Crippen LogP contribution in [0, 0.1) is 23.2 Å². The molecular weight excluding hydrogens is 216 g/mol. The summed E-state index contributed by atoms with van der Waals surface area (Å²) < 4.78 is 0. The van der Waals surface area contributed by atoms with Crippen molar-refractivity contribution in [3.63, 3.8) is 0 Å². The number of nitriles is 1. The maximum Gasteiger partial charge on any atom is 0.158 e. The van der Waals surface area contributed by atoms with Gasteiger partial charge in [-0.1, -0.05) is 6.42 Å². The highest BCUT2D eigenvalue weighted by atomic mass is 16.3. The number of nitrogens with one attached hydrogen (secondary N) is 1. The molecule has 5 nitrogen and oxygen atoms in total. The highest BCUT2D eigenvalue weighted by Crippen LogP contribution is 2.31. The number of aliphatic hydroxyl groups is 1. The molecule has 2 unspecified atom stereocenters. The zero-order chi connectivity index (χ0) is 12.1. The summed E-state index contributed by atoms with van der Waals surface area (Å²) in [4.78, 5) is 8.05. The second-order valence-corrected chi connectivity index (χ2v) is 4.41. The molecule has 90 valence electrons. The summed E-state index contributed by atoms with van der Waals surface area (Å²) in [6, 6.07) is 1.93. The molecule has 2 N–H and O–H groups in total. The lowest BCUT2D eigenvalue weighted by molar-refractivity contribution is 0.199. The van der Waals surface area contributed by atoms with E-state index in [9.17, 15) is 5.11 Å². The van der Waals surface area contributed by atoms with Gasteiger partial charge in [-0.15, -0.1) is 0 Å². The number of aliphatic hydroxyl groups excluding tert-OH is 1. The Kier molecular flexibility index (Phi) is 3.89. The van der Waals surface area contributed by atoms with E-state index in [1.54, 1.807) is 6.20 Å². The smallest absolute Gasteiger partial charge is 0.158 e. The van der Waals surface area contributed by atoms with Crippen LogP contribution in [0.15, 0.2) is 12.4 Å². The highest BCUT2D eigenvalue weighted by molar-refractivity contribution is 5.33. The van der Waals surface area contributed by atoms with Crippen LogP contribution < -0.4 is 5.32 Å². The molecule has 17 heavy (non-hydrogen) atoms. The number of hydrogen-bond donors (Lipinski definition) is 2. The van der Waals surface area contributed by atoms with E-state index in [1.807, 2.05) is 6.07 Å². The first-order chi connectivity index (χ1) is 8.33. The molecule has 0 amide bonds. The fourth-order valence-corrected chi connectivity index (χ4v) is 2.34. The zero-order valence-corrected chi connectivity index (χ0v) is 9.63. The van der Waals surface area contributed by atoms with Gasteiger partial charge in [0.1, 0.15) is 11.9 Å². The van der Waals surface area contributed by atoms with Crippen molar-refractivity contribution in [1.82, 2.24) is 9.97 Å². The number of anilines is 1. The van der Waals surface area contributed by atoms with E-state index in [4.69, 9.17) is 5.26 Å². The summed E-state index contributed by atoms with van der Waals surface area (Å²) in [5.74, 6) is 1.61. The van der Waals surface area contributed by atoms with Gasteiger partial charge < -0.3 is 10.4 Å². The fourth-order valence-electron chi connectivity index (χ4n) is 2.34. The second kappa shape index (κ2) is 5.60. The molecule has 1 saturated carbocycles. The molecule has 1 aromatic rings. The van der Waals surface area contributed by atoms with Gasteiger partial charge in [0.05, 0.1) is 12.4 Å². The summed E-state index contributed by atoms with van der Waals surface area (Å²) >= 11 is 0. The maximum atomic E-state index is 9.21. The van der Waals surface area contributed by atoms with Crippen molar-refractivity contribution in [3.05, 3.63) is 18.1 Å². The lowest BCUT2D eigenvalue weighted by Crippen LogP contribution is -2.21. The molecule has 2 atom stereocenters. The third-order valence-electron chi connectivity index (χ3n) is 3.36. The average molecular weight is 232 g/mol. The third kappa shape index (κ3) is 2.92. The van der Waals surface area contributed by atoms with Crippen LogP contribution in [0.4, 0.5) is 5.82 Å². The van der Waals surface area contributed by atoms with Crippen LogP contribution in [-0.2, 0) is 0 Å². The topological polar surface area (TPSA) is 81.8 Å². The van der Waals surface area contributed by atoms with Crippen molar-refractivity contribution in [1.29, 1.82) is 5.26 Å². The maximum absolute atomic E-state index is 9.21. The monoisotopic (exact) mass is 232 g/mol. The highest BCUT2D eigenvalue weighted by Gasteiger charge is 2.26. The largest absolute Gasteiger partial charge is 0.396 e. The minimum Gasteiger partial charge on any atom is -0.396 e. The van der Waals surface area contributed by atoms with Crippen molar-refractivity contribution in [2.75, 3.05) is 18.5 Å². The predicted molar refractivity (Wildman–Crippen MR) is 63.2 cm³/mol. The van der Waals surface area contributed by atoms with Gasteiger partial charge in [0.2, 0.25) is 0 Å². The van der Waals surface area contributed by atoms with Gasteiger partial charge >= 0.3 is 0 Å². The molecule has 2 rings (SSSR count). The van der Waals surface area contributed by atoms with Gasteiger partial charge in [0.25, 0.3) is 0 Å². The number of rotatable bonds is 4. The zero-order valence-electron chi connectivity index (χ0n) is 9.63. The quantitative estimate of drug-likeness (QED) is 0.814. The summed E-state index contributed by atoms with van der Waals surface area (Å²) in [5, 5.41) is 21.0. The molecule has 0 aromatic carbocycles. The Morgan fingerprint density at radius 2 is 2.18 bits per heavy atom. The van der Waals surface area contributed by atoms with Crippen LogP contribution in [0.2, 0.25) is 0 Å². The van der Waals surface area contributed by atoms with Crippen molar-refractivity contribution in [3.8, 4) is 6.07 Å². The minimum atomic E-state index is 0.269. The Morgan fingerprint density at radius 3 is 2.82 bits per heavy atom. The molecule has 0 saturated heterocycles. The number of nitrogens with zero attached hydrogens (tertiary/aromatic N) is 3. The molecule has 0 spiro atoms. The lowest BCUT2D eigenvalue weighted by Gasteiger charge is -2.17. The molecular formula is C12H16N4O. The van der Waals surface area contributed by atoms with E-state index in [2.05, 4.69) is 15.3 Å². The normalized spacial score (nSPS) is 23.3. The summed E-state index contributed by atoms with van der Waals surface area (Å²) in [7, 11) is 0. The van der Waals surface area contributed by atoms with Crippen molar-refractivity contribution < 1.29 is 5.11 Å². The van der Waals surface area contributed by atoms with Crippen molar-refractivity contribution >= 4 is 5.82 Å². The van der Waals surface area contributed by atoms with E-state index in [0.717, 1.165) is 19.4 Å². The van der Waals surface area contributed by atoms with Gasteiger partial charge in [-0.3, -0.25) is 0 Å². The molecule has 1 aromatic heterocycles. The molecule has 5 heteroatoms. The van der Waals surface area contributed by atoms with E-state index >= 15 is 0 Å². The first-order valence-corrected chi connectivity index (χ1v) is 5.90. The summed E-state index contributed by atoms with van der Waals surface area (Å²) in [6.07, 6.45) is 6.49. The first-order valence-electron chi connectivity index (χ1n) is 5.90. The van der Waals surface area contributed by atoms with Crippen LogP contribution in [0.1, 0.15) is 25.0 Å². The Hall–Kier alpha value is -1.67. The molecule has 1 aliphatic carbocycles. The molecule has 1 fully saturated rings. The van der Waals surface area contributed by atoms with E-state index < -0.39 is 0 Å². The van der Waals surface area contributed by atoms with Gasteiger partial charge in [0.15, 0.2) is 5.69 Å². The SMILES string of the molecule is N#Cc1cnc(NCC2CCCC2CO)cn1. The molecule has 1 aliphatic rings. The van der Waals surface area contributed by atoms with E-state index in [-0.39, 0.29) is 6.61 Å². The second-order valence-electron chi connectivity index (χ2n) is 4.41. The minimum absolute atomic E-state index is 0.269. The Labute approximate surface area is 101 Å². The van der Waals surface area contributed by atoms with Crippen molar-refractivity contribution in [2.45, 2.75) is 19.3 Å². The summed E-state index contributed by atoms with van der Waals surface area (Å²) in [6.45, 7) is 1.08. The van der Waals surface area contributed by atoms with Crippen LogP contribution in [-0.4, -0.2) is 28.2 Å². The molecule has 0 radical (unpaired) electrons. The molecule has 0 bridgehead atoms. The van der Waals surface area contributed by atoms with Gasteiger partial charge in [-0.25, -0.2) is 9.97 Å². The third-order valence-corrected chi connectivity index (χ3v) is 3.36. The van der Waals surface area contributed by atoms with Crippen LogP contribution in [0.5, 0.6) is 0 Å². The Balaban J connectivity index is 1.87. The van der Waals surface area contributed by atoms with Gasteiger partial charge in [0, 0.05) is 13.2 Å². The predicted octanol–water partition coefficient (Wildman–Crippen LogP) is 1.17. The average Bonchev–Trinajstić information content (AvgIpc) is 2.84. The number of aromatic nitrogens is 2. The first kappa shape index (κ1) is 11.8. The van der Waals surface area contributed by atoms with Gasteiger partial charge in [-0.05, 0) is 24.7 Å². The van der Waals surface area contributed by atoms with Crippen molar-refractivity contribution in [2.24, 2.45) is 11.8 Å². The molecule has 1 heterocycles. The van der Waals surface area contributed by atoms with Crippen LogP contribution >= 0.6 is 0 Å². The molecule has 0 aliphatic heterocycles.